The van der Waals surface area contributed by atoms with Crippen LogP contribution in [0.5, 0.6) is 5.75 Å². The van der Waals surface area contributed by atoms with E-state index in [-0.39, 0.29) is 17.9 Å². The van der Waals surface area contributed by atoms with Crippen molar-refractivity contribution in [1.82, 2.24) is 9.88 Å². The Balaban J connectivity index is 1.49. The Bertz CT molecular complexity index is 756. The summed E-state index contributed by atoms with van der Waals surface area (Å²) in [5.74, 6) is 0.794. The molecule has 1 fully saturated rings. The van der Waals surface area contributed by atoms with Gasteiger partial charge in [-0.15, -0.1) is 11.3 Å². The molecule has 0 radical (unpaired) electrons. The number of rotatable bonds is 7. The maximum absolute atomic E-state index is 12.6. The van der Waals surface area contributed by atoms with E-state index in [2.05, 4.69) is 20.6 Å². The predicted octanol–water partition coefficient (Wildman–Crippen LogP) is 3.71. The fraction of sp³-hybridized carbons (Fsp3) is 0.500. The molecule has 146 valence electrons. The van der Waals surface area contributed by atoms with Gasteiger partial charge in [0.2, 0.25) is 5.91 Å². The van der Waals surface area contributed by atoms with Crippen molar-refractivity contribution in [1.29, 1.82) is 0 Å². The third-order valence-electron chi connectivity index (χ3n) is 4.98. The van der Waals surface area contributed by atoms with Crippen LogP contribution < -0.4 is 10.1 Å². The van der Waals surface area contributed by atoms with Crippen LogP contribution in [-0.2, 0) is 16.1 Å². The molecule has 1 aromatic carbocycles. The number of likely N-dealkylation sites (tertiary alicyclic amines) is 1. The van der Waals surface area contributed by atoms with E-state index >= 15 is 0 Å². The number of carbonyl (C=O) groups excluding carboxylic acids is 1. The first-order valence-electron chi connectivity index (χ1n) is 9.24. The van der Waals surface area contributed by atoms with Gasteiger partial charge in [0, 0.05) is 25.0 Å². The molecule has 3 rings (SSSR count). The highest BCUT2D eigenvalue weighted by Gasteiger charge is 2.26. The number of thiazole rings is 1. The highest BCUT2D eigenvalue weighted by atomic mass is 32.1. The molecule has 1 amide bonds. The van der Waals surface area contributed by atoms with Crippen LogP contribution in [0.25, 0.3) is 0 Å². The Kier molecular flexibility index (Phi) is 6.82. The first kappa shape index (κ1) is 19.8. The summed E-state index contributed by atoms with van der Waals surface area (Å²) in [6.07, 6.45) is 1.74. The summed E-state index contributed by atoms with van der Waals surface area (Å²) in [5, 5.41) is 6.13. The second-order valence-corrected chi connectivity index (χ2v) is 7.68. The van der Waals surface area contributed by atoms with Gasteiger partial charge in [0.05, 0.1) is 18.5 Å². The average molecular weight is 390 g/mol. The van der Waals surface area contributed by atoms with E-state index in [9.17, 15) is 4.79 Å². The van der Waals surface area contributed by atoms with E-state index < -0.39 is 0 Å². The van der Waals surface area contributed by atoms with Gasteiger partial charge in [0.25, 0.3) is 0 Å². The summed E-state index contributed by atoms with van der Waals surface area (Å²) in [6.45, 7) is 4.63. The van der Waals surface area contributed by atoms with Gasteiger partial charge in [-0.3, -0.25) is 9.69 Å². The number of nitrogens with zero attached hydrogens (tertiary/aromatic N) is 2. The molecule has 1 aliphatic rings. The first-order chi connectivity index (χ1) is 13.1. The number of hydrogen-bond donors (Lipinski definition) is 1. The highest BCUT2D eigenvalue weighted by molar-refractivity contribution is 7.09. The molecule has 0 bridgehead atoms. The average Bonchev–Trinajstić information content (AvgIpc) is 3.16. The lowest BCUT2D eigenvalue weighted by Gasteiger charge is -2.30. The Hall–Kier alpha value is -1.96. The van der Waals surface area contributed by atoms with Crippen molar-refractivity contribution >= 4 is 22.9 Å². The van der Waals surface area contributed by atoms with Crippen molar-refractivity contribution in [2.24, 2.45) is 5.92 Å². The molecule has 1 N–H and O–H groups in total. The summed E-state index contributed by atoms with van der Waals surface area (Å²) in [6, 6.07) is 7.51. The Morgan fingerprint density at radius 1 is 1.33 bits per heavy atom. The Labute approximate surface area is 164 Å². The molecule has 7 heteroatoms. The van der Waals surface area contributed by atoms with E-state index in [4.69, 9.17) is 9.47 Å². The third kappa shape index (κ3) is 5.06. The number of aromatic nitrogens is 1. The number of anilines is 1. The van der Waals surface area contributed by atoms with Gasteiger partial charge < -0.3 is 14.8 Å². The smallest absolute Gasteiger partial charge is 0.227 e. The minimum absolute atomic E-state index is 0.0330. The van der Waals surface area contributed by atoms with Gasteiger partial charge >= 0.3 is 0 Å². The highest BCUT2D eigenvalue weighted by Crippen LogP contribution is 2.27. The molecular formula is C20H27N3O3S. The fourth-order valence-corrected chi connectivity index (χ4v) is 4.09. The molecule has 2 heterocycles. The minimum Gasteiger partial charge on any atom is -0.495 e. The lowest BCUT2D eigenvalue weighted by Crippen LogP contribution is -2.37. The largest absolute Gasteiger partial charge is 0.495 e. The summed E-state index contributed by atoms with van der Waals surface area (Å²) in [7, 11) is 3.31. The number of hydrogen-bond acceptors (Lipinski definition) is 6. The van der Waals surface area contributed by atoms with E-state index in [0.717, 1.165) is 48.9 Å². The van der Waals surface area contributed by atoms with Crippen LogP contribution in [0.4, 0.5) is 5.69 Å². The molecule has 1 saturated heterocycles. The third-order valence-corrected chi connectivity index (χ3v) is 6.03. The number of piperidine rings is 1. The molecule has 0 unspecified atom stereocenters. The summed E-state index contributed by atoms with van der Waals surface area (Å²) >= 11 is 1.64. The molecule has 0 aliphatic carbocycles. The van der Waals surface area contributed by atoms with Crippen molar-refractivity contribution < 1.29 is 14.3 Å². The second-order valence-electron chi connectivity index (χ2n) is 6.79. The fourth-order valence-electron chi connectivity index (χ4n) is 3.25. The van der Waals surface area contributed by atoms with Crippen LogP contribution in [-0.4, -0.2) is 43.1 Å². The van der Waals surface area contributed by atoms with Crippen LogP contribution in [0.1, 0.15) is 36.6 Å². The minimum atomic E-state index is 0.0330. The Morgan fingerprint density at radius 3 is 2.78 bits per heavy atom. The van der Waals surface area contributed by atoms with Crippen molar-refractivity contribution in [2.45, 2.75) is 32.4 Å². The van der Waals surface area contributed by atoms with Gasteiger partial charge in [-0.25, -0.2) is 4.98 Å². The number of methoxy groups -OCH3 is 2. The molecule has 1 atom stereocenters. The monoisotopic (exact) mass is 389 g/mol. The number of carbonyl (C=O) groups is 1. The molecule has 1 aliphatic heterocycles. The van der Waals surface area contributed by atoms with E-state index in [0.29, 0.717) is 5.75 Å². The molecule has 0 spiro atoms. The van der Waals surface area contributed by atoms with Gasteiger partial charge in [0.1, 0.15) is 16.9 Å². The molecule has 6 nitrogen and oxygen atoms in total. The summed E-state index contributed by atoms with van der Waals surface area (Å²) in [4.78, 5) is 19.6. The maximum atomic E-state index is 12.6. The first-order valence-corrected chi connectivity index (χ1v) is 10.1. The standard InChI is InChI=1S/C20H27N3O3S/c1-14(25-2)20-21-16(13-27-20)12-23-10-8-15(9-11-23)19(24)22-17-6-4-5-7-18(17)26-3/h4-7,13-15H,8-12H2,1-3H3,(H,22,24)/t14-/m0/s1. The normalized spacial score (nSPS) is 16.9. The van der Waals surface area contributed by atoms with E-state index in [1.54, 1.807) is 25.6 Å². The second kappa shape index (κ2) is 9.30. The molecule has 0 saturated carbocycles. The SMILES string of the molecule is COc1ccccc1NC(=O)C1CCN(Cc2csc([C@H](C)OC)n2)CC1. The van der Waals surface area contributed by atoms with Gasteiger partial charge in [-0.2, -0.15) is 0 Å². The van der Waals surface area contributed by atoms with Crippen molar-refractivity contribution in [3.63, 3.8) is 0 Å². The van der Waals surface area contributed by atoms with E-state index in [1.165, 1.54) is 0 Å². The lowest BCUT2D eigenvalue weighted by molar-refractivity contribution is -0.121. The van der Waals surface area contributed by atoms with Crippen LogP contribution in [0, 0.1) is 5.92 Å². The lowest BCUT2D eigenvalue weighted by atomic mass is 9.95. The molecule has 27 heavy (non-hydrogen) atoms. The van der Waals surface area contributed by atoms with Crippen molar-refractivity contribution in [2.75, 3.05) is 32.6 Å². The number of ether oxygens (including phenoxy) is 2. The summed E-state index contributed by atoms with van der Waals surface area (Å²) in [5.41, 5.74) is 1.81. The van der Waals surface area contributed by atoms with Crippen LogP contribution in [0.15, 0.2) is 29.6 Å². The molecule has 1 aromatic heterocycles. The zero-order chi connectivity index (χ0) is 19.2. The van der Waals surface area contributed by atoms with Gasteiger partial charge in [-0.1, -0.05) is 12.1 Å². The topological polar surface area (TPSA) is 63.7 Å². The van der Waals surface area contributed by atoms with Crippen molar-refractivity contribution in [3.05, 3.63) is 40.3 Å². The zero-order valence-electron chi connectivity index (χ0n) is 16.1. The maximum Gasteiger partial charge on any atom is 0.227 e. The number of nitrogens with one attached hydrogen (secondary N) is 1. The molecular weight excluding hydrogens is 362 g/mol. The number of amides is 1. The zero-order valence-corrected chi connectivity index (χ0v) is 16.9. The summed E-state index contributed by atoms with van der Waals surface area (Å²) < 4.78 is 10.6. The number of para-hydroxylation sites is 2. The van der Waals surface area contributed by atoms with Crippen LogP contribution >= 0.6 is 11.3 Å². The number of benzene rings is 1. The van der Waals surface area contributed by atoms with Crippen LogP contribution in [0.3, 0.4) is 0 Å². The van der Waals surface area contributed by atoms with Gasteiger partial charge in [-0.05, 0) is 45.0 Å². The van der Waals surface area contributed by atoms with Gasteiger partial charge in [0.15, 0.2) is 0 Å². The van der Waals surface area contributed by atoms with Crippen LogP contribution in [0.2, 0.25) is 0 Å². The van der Waals surface area contributed by atoms with Crippen molar-refractivity contribution in [3.8, 4) is 5.75 Å². The molecule has 2 aromatic rings. The quantitative estimate of drug-likeness (QED) is 0.782. The Morgan fingerprint density at radius 2 is 2.07 bits per heavy atom. The predicted molar refractivity (Wildman–Crippen MR) is 107 cm³/mol. The van der Waals surface area contributed by atoms with E-state index in [1.807, 2.05) is 31.2 Å².